The van der Waals surface area contributed by atoms with Crippen LogP contribution in [0, 0.1) is 0 Å². The van der Waals surface area contributed by atoms with Crippen LogP contribution in [0.5, 0.6) is 0 Å². The smallest absolute Gasteiger partial charge is 0.234 e. The highest BCUT2D eigenvalue weighted by atomic mass is 35.5. The van der Waals surface area contributed by atoms with Crippen LogP contribution >= 0.6 is 46.3 Å². The average Bonchev–Trinajstić information content (AvgIpc) is 3.24. The molecule has 0 unspecified atom stereocenters. The van der Waals surface area contributed by atoms with E-state index in [0.29, 0.717) is 15.7 Å². The standard InChI is InChI=1S/C16H14Cl2N4OS2/c1-2-22-15(13-4-3-7-24-13)20-21-16(22)25-9-14(23)19-10-5-6-11(17)12(18)8-10/h3-8H,2,9H2,1H3,(H,19,23). The third-order valence-electron chi connectivity index (χ3n) is 3.31. The van der Waals surface area contributed by atoms with Crippen molar-refractivity contribution in [1.29, 1.82) is 0 Å². The third kappa shape index (κ3) is 4.36. The maximum atomic E-state index is 12.2. The number of anilines is 1. The summed E-state index contributed by atoms with van der Waals surface area (Å²) in [6, 6.07) is 8.96. The second kappa shape index (κ2) is 8.23. The topological polar surface area (TPSA) is 59.8 Å². The molecule has 2 aromatic heterocycles. The highest BCUT2D eigenvalue weighted by Crippen LogP contribution is 2.28. The summed E-state index contributed by atoms with van der Waals surface area (Å²) in [7, 11) is 0. The van der Waals surface area contributed by atoms with Crippen molar-refractivity contribution < 1.29 is 4.79 Å². The van der Waals surface area contributed by atoms with Crippen LogP contribution in [0.15, 0.2) is 40.9 Å². The Hall–Kier alpha value is -1.54. The van der Waals surface area contributed by atoms with E-state index in [4.69, 9.17) is 23.2 Å². The van der Waals surface area contributed by atoms with Gasteiger partial charge in [0.2, 0.25) is 5.91 Å². The number of nitrogens with zero attached hydrogens (tertiary/aromatic N) is 3. The summed E-state index contributed by atoms with van der Waals surface area (Å²) in [4.78, 5) is 13.2. The van der Waals surface area contributed by atoms with Crippen molar-refractivity contribution in [3.8, 4) is 10.7 Å². The van der Waals surface area contributed by atoms with Gasteiger partial charge < -0.3 is 9.88 Å². The quantitative estimate of drug-likeness (QED) is 0.574. The van der Waals surface area contributed by atoms with Gasteiger partial charge in [-0.3, -0.25) is 4.79 Å². The van der Waals surface area contributed by atoms with E-state index in [9.17, 15) is 4.79 Å². The van der Waals surface area contributed by atoms with Crippen molar-refractivity contribution in [2.24, 2.45) is 0 Å². The summed E-state index contributed by atoms with van der Waals surface area (Å²) in [6.45, 7) is 2.76. The first-order chi connectivity index (χ1) is 12.1. The van der Waals surface area contributed by atoms with E-state index in [-0.39, 0.29) is 11.7 Å². The Kier molecular flexibility index (Phi) is 6.01. The molecule has 1 amide bonds. The predicted octanol–water partition coefficient (Wildman–Crippen LogP) is 5.06. The van der Waals surface area contributed by atoms with Crippen molar-refractivity contribution in [1.82, 2.24) is 14.8 Å². The lowest BCUT2D eigenvalue weighted by atomic mass is 10.3. The number of hydrogen-bond acceptors (Lipinski definition) is 5. The Labute approximate surface area is 163 Å². The molecule has 1 aromatic carbocycles. The summed E-state index contributed by atoms with van der Waals surface area (Å²) in [5, 5.41) is 14.8. The summed E-state index contributed by atoms with van der Waals surface area (Å²) in [6.07, 6.45) is 0. The lowest BCUT2D eigenvalue weighted by Gasteiger charge is -2.07. The molecule has 0 saturated heterocycles. The molecule has 0 aliphatic rings. The number of thioether (sulfide) groups is 1. The molecule has 1 N–H and O–H groups in total. The van der Waals surface area contributed by atoms with Gasteiger partial charge in [0.25, 0.3) is 0 Å². The van der Waals surface area contributed by atoms with Crippen molar-refractivity contribution >= 4 is 57.9 Å². The van der Waals surface area contributed by atoms with Crippen molar-refractivity contribution in [3.63, 3.8) is 0 Å². The van der Waals surface area contributed by atoms with Crippen LogP contribution in [0.3, 0.4) is 0 Å². The normalized spacial score (nSPS) is 10.8. The first-order valence-corrected chi connectivity index (χ1v) is 10.1. The molecular formula is C16H14Cl2N4OS2. The molecule has 5 nitrogen and oxygen atoms in total. The molecular weight excluding hydrogens is 399 g/mol. The zero-order chi connectivity index (χ0) is 17.8. The van der Waals surface area contributed by atoms with Gasteiger partial charge in [-0.25, -0.2) is 0 Å². The van der Waals surface area contributed by atoms with Gasteiger partial charge in [0.05, 0.1) is 20.7 Å². The molecule has 0 saturated carbocycles. The predicted molar refractivity (Wildman–Crippen MR) is 105 cm³/mol. The Morgan fingerprint density at radius 1 is 1.28 bits per heavy atom. The SMILES string of the molecule is CCn1c(SCC(=O)Nc2ccc(Cl)c(Cl)c2)nnc1-c1cccs1. The van der Waals surface area contributed by atoms with E-state index in [1.54, 1.807) is 29.5 Å². The fraction of sp³-hybridized carbons (Fsp3) is 0.188. The van der Waals surface area contributed by atoms with Crippen LogP contribution in [0.1, 0.15) is 6.92 Å². The van der Waals surface area contributed by atoms with Gasteiger partial charge in [-0.15, -0.1) is 21.5 Å². The third-order valence-corrected chi connectivity index (χ3v) is 5.88. The molecule has 25 heavy (non-hydrogen) atoms. The van der Waals surface area contributed by atoms with Crippen LogP contribution in [0.25, 0.3) is 10.7 Å². The number of benzene rings is 1. The monoisotopic (exact) mass is 412 g/mol. The largest absolute Gasteiger partial charge is 0.325 e. The average molecular weight is 413 g/mol. The fourth-order valence-electron chi connectivity index (χ4n) is 2.17. The van der Waals surface area contributed by atoms with E-state index < -0.39 is 0 Å². The van der Waals surface area contributed by atoms with Crippen LogP contribution in [-0.2, 0) is 11.3 Å². The maximum absolute atomic E-state index is 12.2. The van der Waals surface area contributed by atoms with Gasteiger partial charge in [-0.05, 0) is 36.6 Å². The van der Waals surface area contributed by atoms with Gasteiger partial charge in [0.15, 0.2) is 11.0 Å². The minimum atomic E-state index is -0.147. The minimum Gasteiger partial charge on any atom is -0.325 e. The molecule has 3 aromatic rings. The van der Waals surface area contributed by atoms with Gasteiger partial charge in [0, 0.05) is 12.2 Å². The molecule has 9 heteroatoms. The fourth-order valence-corrected chi connectivity index (χ4v) is 3.99. The van der Waals surface area contributed by atoms with Crippen molar-refractivity contribution in [2.75, 3.05) is 11.1 Å². The van der Waals surface area contributed by atoms with Gasteiger partial charge in [-0.2, -0.15) is 0 Å². The molecule has 130 valence electrons. The zero-order valence-corrected chi connectivity index (χ0v) is 16.3. The van der Waals surface area contributed by atoms with Crippen LogP contribution in [-0.4, -0.2) is 26.4 Å². The van der Waals surface area contributed by atoms with E-state index >= 15 is 0 Å². The summed E-state index contributed by atoms with van der Waals surface area (Å²) < 4.78 is 2.00. The zero-order valence-electron chi connectivity index (χ0n) is 13.2. The first kappa shape index (κ1) is 18.3. The highest BCUT2D eigenvalue weighted by Gasteiger charge is 2.15. The van der Waals surface area contributed by atoms with Crippen molar-refractivity contribution in [2.45, 2.75) is 18.6 Å². The molecule has 0 aliphatic heterocycles. The molecule has 0 spiro atoms. The van der Waals surface area contributed by atoms with E-state index in [2.05, 4.69) is 15.5 Å². The Balaban J connectivity index is 1.65. The number of amides is 1. The minimum absolute atomic E-state index is 0.147. The summed E-state index contributed by atoms with van der Waals surface area (Å²) in [5.41, 5.74) is 0.608. The lowest BCUT2D eigenvalue weighted by Crippen LogP contribution is -2.14. The number of nitrogens with one attached hydrogen (secondary N) is 1. The second-order valence-corrected chi connectivity index (χ2v) is 7.70. The molecule has 0 radical (unpaired) electrons. The van der Waals surface area contributed by atoms with E-state index in [0.717, 1.165) is 22.4 Å². The van der Waals surface area contributed by atoms with Crippen LogP contribution < -0.4 is 5.32 Å². The van der Waals surface area contributed by atoms with Crippen LogP contribution in [0.4, 0.5) is 5.69 Å². The maximum Gasteiger partial charge on any atom is 0.234 e. The molecule has 2 heterocycles. The number of carbonyl (C=O) groups excluding carboxylic acids is 1. The molecule has 0 atom stereocenters. The first-order valence-electron chi connectivity index (χ1n) is 7.43. The summed E-state index contributed by atoms with van der Waals surface area (Å²) >= 11 is 14.8. The highest BCUT2D eigenvalue weighted by molar-refractivity contribution is 7.99. The number of carbonyl (C=O) groups is 1. The Bertz CT molecular complexity index is 880. The van der Waals surface area contributed by atoms with Crippen molar-refractivity contribution in [3.05, 3.63) is 45.8 Å². The lowest BCUT2D eigenvalue weighted by molar-refractivity contribution is -0.113. The van der Waals surface area contributed by atoms with Gasteiger partial charge in [-0.1, -0.05) is 41.0 Å². The Morgan fingerprint density at radius 2 is 2.12 bits per heavy atom. The Morgan fingerprint density at radius 3 is 2.80 bits per heavy atom. The number of aromatic nitrogens is 3. The molecule has 0 aliphatic carbocycles. The molecule has 0 fully saturated rings. The van der Waals surface area contributed by atoms with Gasteiger partial charge >= 0.3 is 0 Å². The second-order valence-electron chi connectivity index (χ2n) is 4.99. The van der Waals surface area contributed by atoms with Crippen LogP contribution in [0.2, 0.25) is 10.0 Å². The number of hydrogen-bond donors (Lipinski definition) is 1. The number of rotatable bonds is 6. The van der Waals surface area contributed by atoms with Gasteiger partial charge in [0.1, 0.15) is 0 Å². The number of thiophene rings is 1. The van der Waals surface area contributed by atoms with E-state index in [1.807, 2.05) is 29.0 Å². The molecule has 0 bridgehead atoms. The molecule has 3 rings (SSSR count). The summed E-state index contributed by atoms with van der Waals surface area (Å²) in [5.74, 6) is 0.902. The van der Waals surface area contributed by atoms with E-state index in [1.165, 1.54) is 11.8 Å². The number of halogens is 2.